The summed E-state index contributed by atoms with van der Waals surface area (Å²) in [5.74, 6) is 1.05. The van der Waals surface area contributed by atoms with E-state index in [0.717, 1.165) is 64.5 Å². The molecule has 0 amide bonds. The van der Waals surface area contributed by atoms with Crippen LogP contribution < -0.4 is 0 Å². The van der Waals surface area contributed by atoms with E-state index in [2.05, 4.69) is 9.80 Å². The van der Waals surface area contributed by atoms with Crippen LogP contribution in [0.2, 0.25) is 0 Å². The fraction of sp³-hybridized carbons (Fsp3) is 0.733. The van der Waals surface area contributed by atoms with Crippen LogP contribution in [0.15, 0.2) is 22.8 Å². The van der Waals surface area contributed by atoms with Crippen molar-refractivity contribution in [2.45, 2.75) is 25.0 Å². The maximum absolute atomic E-state index is 10.3. The van der Waals surface area contributed by atoms with Crippen molar-refractivity contribution in [3.8, 4) is 0 Å². The minimum atomic E-state index is -0.225. The van der Waals surface area contributed by atoms with E-state index >= 15 is 0 Å². The first-order chi connectivity index (χ1) is 9.83. The average molecular weight is 280 g/mol. The molecule has 112 valence electrons. The lowest BCUT2D eigenvalue weighted by molar-refractivity contribution is -0.00616. The number of aliphatic hydroxyl groups is 1. The van der Waals surface area contributed by atoms with E-state index in [9.17, 15) is 5.11 Å². The van der Waals surface area contributed by atoms with Gasteiger partial charge in [0.05, 0.1) is 25.6 Å². The van der Waals surface area contributed by atoms with Crippen molar-refractivity contribution in [2.75, 3.05) is 45.9 Å². The first-order valence-corrected chi connectivity index (χ1v) is 7.57. The van der Waals surface area contributed by atoms with Crippen molar-refractivity contribution in [3.05, 3.63) is 24.2 Å². The van der Waals surface area contributed by atoms with Crippen molar-refractivity contribution in [1.82, 2.24) is 9.80 Å². The summed E-state index contributed by atoms with van der Waals surface area (Å²) in [4.78, 5) is 4.74. The highest BCUT2D eigenvalue weighted by atomic mass is 16.5. The lowest BCUT2D eigenvalue weighted by atomic mass is 10.1. The molecule has 1 N–H and O–H groups in total. The van der Waals surface area contributed by atoms with E-state index in [1.807, 2.05) is 12.1 Å². The van der Waals surface area contributed by atoms with Gasteiger partial charge in [-0.1, -0.05) is 0 Å². The Hall–Kier alpha value is -0.880. The summed E-state index contributed by atoms with van der Waals surface area (Å²) in [5.41, 5.74) is 0. The lowest BCUT2D eigenvalue weighted by Gasteiger charge is -2.33. The van der Waals surface area contributed by atoms with Gasteiger partial charge in [0.15, 0.2) is 0 Å². The van der Waals surface area contributed by atoms with Crippen LogP contribution in [-0.2, 0) is 11.2 Å². The Kier molecular flexibility index (Phi) is 4.73. The fourth-order valence-electron chi connectivity index (χ4n) is 3.23. The minimum Gasteiger partial charge on any atom is -0.469 e. The zero-order chi connectivity index (χ0) is 13.8. The second-order valence-corrected chi connectivity index (χ2v) is 5.73. The lowest BCUT2D eigenvalue weighted by Crippen LogP contribution is -2.48. The SMILES string of the molecule is O[C@H]1CN(CCCc2ccco2)C[C@@H]1N1CCOCC1. The molecule has 0 radical (unpaired) electrons. The average Bonchev–Trinajstić information content (AvgIpc) is 3.10. The zero-order valence-electron chi connectivity index (χ0n) is 11.9. The predicted molar refractivity (Wildman–Crippen MR) is 75.7 cm³/mol. The Morgan fingerprint density at radius 3 is 2.85 bits per heavy atom. The molecule has 0 unspecified atom stereocenters. The molecule has 5 heteroatoms. The highest BCUT2D eigenvalue weighted by molar-refractivity contribution is 4.98. The number of aliphatic hydroxyl groups excluding tert-OH is 1. The minimum absolute atomic E-state index is 0.225. The summed E-state index contributed by atoms with van der Waals surface area (Å²) in [6, 6.07) is 4.24. The number of aryl methyl sites for hydroxylation is 1. The molecule has 0 aliphatic carbocycles. The van der Waals surface area contributed by atoms with Crippen molar-refractivity contribution >= 4 is 0 Å². The smallest absolute Gasteiger partial charge is 0.103 e. The number of likely N-dealkylation sites (tertiary alicyclic amines) is 1. The van der Waals surface area contributed by atoms with E-state index in [0.29, 0.717) is 0 Å². The number of nitrogens with zero attached hydrogens (tertiary/aromatic N) is 2. The predicted octanol–water partition coefficient (Wildman–Crippen LogP) is 0.589. The molecule has 3 heterocycles. The molecular weight excluding hydrogens is 256 g/mol. The molecule has 0 bridgehead atoms. The van der Waals surface area contributed by atoms with Crippen LogP contribution in [0.25, 0.3) is 0 Å². The molecule has 2 fully saturated rings. The molecule has 1 aromatic heterocycles. The summed E-state index contributed by atoms with van der Waals surface area (Å²) >= 11 is 0. The number of β-amino-alcohol motifs (C(OH)–C–C–N with tert-alkyl or cyclic N) is 1. The van der Waals surface area contributed by atoms with Gasteiger partial charge >= 0.3 is 0 Å². The van der Waals surface area contributed by atoms with Crippen LogP contribution in [0.1, 0.15) is 12.2 Å². The largest absolute Gasteiger partial charge is 0.469 e. The Morgan fingerprint density at radius 2 is 2.10 bits per heavy atom. The molecule has 2 aliphatic rings. The number of hydrogen-bond acceptors (Lipinski definition) is 5. The molecule has 5 nitrogen and oxygen atoms in total. The van der Waals surface area contributed by atoms with Crippen molar-refractivity contribution in [2.24, 2.45) is 0 Å². The van der Waals surface area contributed by atoms with Gasteiger partial charge in [-0.15, -0.1) is 0 Å². The molecule has 2 aliphatic heterocycles. The van der Waals surface area contributed by atoms with Crippen LogP contribution in [0.4, 0.5) is 0 Å². The third kappa shape index (κ3) is 3.41. The molecule has 0 saturated carbocycles. The van der Waals surface area contributed by atoms with Crippen LogP contribution in [0, 0.1) is 0 Å². The molecule has 2 saturated heterocycles. The van der Waals surface area contributed by atoms with Crippen LogP contribution >= 0.6 is 0 Å². The standard InChI is InChI=1S/C15H24N2O3/c18-15-12-16(5-1-3-13-4-2-8-20-13)11-14(15)17-6-9-19-10-7-17/h2,4,8,14-15,18H,1,3,5-7,9-12H2/t14-,15-/m0/s1. The second kappa shape index (κ2) is 6.72. The van der Waals surface area contributed by atoms with Gasteiger partial charge in [-0.25, -0.2) is 0 Å². The Bertz CT molecular complexity index is 390. The second-order valence-electron chi connectivity index (χ2n) is 5.73. The Morgan fingerprint density at radius 1 is 1.25 bits per heavy atom. The summed E-state index contributed by atoms with van der Waals surface area (Å²) in [6.07, 6.45) is 3.55. The number of ether oxygens (including phenoxy) is 1. The number of rotatable bonds is 5. The Labute approximate surface area is 120 Å². The summed E-state index contributed by atoms with van der Waals surface area (Å²) in [5, 5.41) is 10.3. The van der Waals surface area contributed by atoms with Gasteiger partial charge in [-0.05, 0) is 25.1 Å². The highest BCUT2D eigenvalue weighted by Crippen LogP contribution is 2.18. The van der Waals surface area contributed by atoms with Crippen molar-refractivity contribution in [3.63, 3.8) is 0 Å². The molecule has 1 aromatic rings. The van der Waals surface area contributed by atoms with Crippen LogP contribution in [-0.4, -0.2) is 73.0 Å². The maximum Gasteiger partial charge on any atom is 0.103 e. The third-order valence-corrected chi connectivity index (χ3v) is 4.33. The molecule has 20 heavy (non-hydrogen) atoms. The Balaban J connectivity index is 1.43. The van der Waals surface area contributed by atoms with Gasteiger partial charge in [0.2, 0.25) is 0 Å². The van der Waals surface area contributed by atoms with Gasteiger partial charge < -0.3 is 14.3 Å². The van der Waals surface area contributed by atoms with Gasteiger partial charge in [0.1, 0.15) is 5.76 Å². The topological polar surface area (TPSA) is 49.1 Å². The van der Waals surface area contributed by atoms with Crippen molar-refractivity contribution in [1.29, 1.82) is 0 Å². The van der Waals surface area contributed by atoms with E-state index in [4.69, 9.17) is 9.15 Å². The van der Waals surface area contributed by atoms with E-state index in [1.54, 1.807) is 6.26 Å². The molecular formula is C15H24N2O3. The maximum atomic E-state index is 10.3. The van der Waals surface area contributed by atoms with Crippen molar-refractivity contribution < 1.29 is 14.3 Å². The first-order valence-electron chi connectivity index (χ1n) is 7.57. The van der Waals surface area contributed by atoms with Crippen LogP contribution in [0.5, 0.6) is 0 Å². The monoisotopic (exact) mass is 280 g/mol. The highest BCUT2D eigenvalue weighted by Gasteiger charge is 2.35. The molecule has 3 rings (SSSR count). The van der Waals surface area contributed by atoms with E-state index in [-0.39, 0.29) is 12.1 Å². The van der Waals surface area contributed by atoms with E-state index < -0.39 is 0 Å². The quantitative estimate of drug-likeness (QED) is 0.855. The third-order valence-electron chi connectivity index (χ3n) is 4.33. The molecule has 0 aromatic carbocycles. The first kappa shape index (κ1) is 14.1. The van der Waals surface area contributed by atoms with Crippen LogP contribution in [0.3, 0.4) is 0 Å². The molecule has 2 atom stereocenters. The summed E-state index contributed by atoms with van der Waals surface area (Å²) < 4.78 is 10.7. The van der Waals surface area contributed by atoms with Gasteiger partial charge in [0.25, 0.3) is 0 Å². The summed E-state index contributed by atoms with van der Waals surface area (Å²) in [7, 11) is 0. The number of furan rings is 1. The normalized spacial score (nSPS) is 29.1. The fourth-order valence-corrected chi connectivity index (χ4v) is 3.23. The van der Waals surface area contributed by atoms with E-state index in [1.165, 1.54) is 0 Å². The van der Waals surface area contributed by atoms with Gasteiger partial charge in [-0.3, -0.25) is 9.80 Å². The zero-order valence-corrected chi connectivity index (χ0v) is 11.9. The summed E-state index contributed by atoms with van der Waals surface area (Å²) in [6.45, 7) is 6.27. The van der Waals surface area contributed by atoms with Gasteiger partial charge in [0, 0.05) is 38.6 Å². The number of morpholine rings is 1. The molecule has 0 spiro atoms. The van der Waals surface area contributed by atoms with Gasteiger partial charge in [-0.2, -0.15) is 0 Å². The number of hydrogen-bond donors (Lipinski definition) is 1.